The number of H-pyrrole nitrogens is 1. The number of carboxylic acid groups (broad SMARTS) is 1. The number of aryl methyl sites for hydroxylation is 1. The highest BCUT2D eigenvalue weighted by Gasteiger charge is 2.15. The quantitative estimate of drug-likeness (QED) is 0.814. The molecule has 118 valence electrons. The second-order valence-corrected chi connectivity index (χ2v) is 4.56. The van der Waals surface area contributed by atoms with Gasteiger partial charge in [-0.2, -0.15) is 0 Å². The lowest BCUT2D eigenvalue weighted by atomic mass is 10.1. The van der Waals surface area contributed by atoms with Crippen molar-refractivity contribution < 1.29 is 24.1 Å². The number of aliphatic carboxylic acids is 1. The summed E-state index contributed by atoms with van der Waals surface area (Å²) in [5.74, 6) is 1.33. The summed E-state index contributed by atoms with van der Waals surface area (Å²) in [5, 5.41) is 8.71. The number of benzene rings is 1. The second kappa shape index (κ2) is 6.84. The first-order chi connectivity index (χ1) is 10.6. The molecule has 0 aliphatic carbocycles. The largest absolute Gasteiger partial charge is 0.493 e. The van der Waals surface area contributed by atoms with E-state index in [0.717, 1.165) is 11.3 Å². The Morgan fingerprint density at radius 1 is 1.18 bits per heavy atom. The second-order valence-electron chi connectivity index (χ2n) is 4.56. The molecule has 0 spiro atoms. The molecule has 0 saturated carbocycles. The van der Waals surface area contributed by atoms with Gasteiger partial charge in [-0.1, -0.05) is 0 Å². The fraction of sp³-hybridized carbons (Fsp3) is 0.333. The van der Waals surface area contributed by atoms with Crippen LogP contribution >= 0.6 is 0 Å². The lowest BCUT2D eigenvalue weighted by Crippen LogP contribution is -1.98. The maximum absolute atomic E-state index is 10.6. The zero-order valence-corrected chi connectivity index (χ0v) is 12.7. The number of nitrogens with one attached hydrogen (secondary N) is 1. The van der Waals surface area contributed by atoms with Crippen molar-refractivity contribution >= 4 is 5.97 Å². The van der Waals surface area contributed by atoms with Gasteiger partial charge in [-0.05, 0) is 18.6 Å². The third kappa shape index (κ3) is 3.30. The Morgan fingerprint density at radius 2 is 1.82 bits per heavy atom. The number of nitrogens with zero attached hydrogens (tertiary/aromatic N) is 1. The van der Waals surface area contributed by atoms with Crippen LogP contribution < -0.4 is 14.2 Å². The molecule has 0 bridgehead atoms. The highest BCUT2D eigenvalue weighted by Crippen LogP contribution is 2.40. The molecule has 7 nitrogen and oxygen atoms in total. The van der Waals surface area contributed by atoms with Crippen LogP contribution in [0, 0.1) is 0 Å². The van der Waals surface area contributed by atoms with Crippen LogP contribution in [0.4, 0.5) is 0 Å². The minimum Gasteiger partial charge on any atom is -0.493 e. The fourth-order valence-corrected chi connectivity index (χ4v) is 2.09. The summed E-state index contributed by atoms with van der Waals surface area (Å²) in [6.45, 7) is 0. The molecule has 1 aromatic carbocycles. The van der Waals surface area contributed by atoms with Crippen molar-refractivity contribution in [3.8, 4) is 28.6 Å². The molecule has 2 N–H and O–H groups in total. The summed E-state index contributed by atoms with van der Waals surface area (Å²) in [5.41, 5.74) is 1.52. The molecule has 2 aromatic rings. The summed E-state index contributed by atoms with van der Waals surface area (Å²) in [6, 6.07) is 3.56. The third-order valence-electron chi connectivity index (χ3n) is 3.17. The van der Waals surface area contributed by atoms with E-state index in [1.807, 2.05) is 0 Å². The average Bonchev–Trinajstić information content (AvgIpc) is 3.00. The first kappa shape index (κ1) is 15.7. The van der Waals surface area contributed by atoms with Gasteiger partial charge in [0.1, 0.15) is 5.82 Å². The lowest BCUT2D eigenvalue weighted by molar-refractivity contribution is -0.136. The lowest BCUT2D eigenvalue weighted by Gasteiger charge is -2.13. The standard InChI is InChI=1S/C15H18N2O5/c1-20-11-6-9(7-12(21-2)14(11)22-3)15-16-8-10(17-15)4-5-13(18)19/h6-8H,4-5H2,1-3H3,(H,16,17)(H,18,19). The van der Waals surface area contributed by atoms with Crippen LogP contribution in [0.25, 0.3) is 11.4 Å². The summed E-state index contributed by atoms with van der Waals surface area (Å²) in [4.78, 5) is 18.0. The highest BCUT2D eigenvalue weighted by atomic mass is 16.5. The van der Waals surface area contributed by atoms with Crippen LogP contribution in [0.5, 0.6) is 17.2 Å². The molecule has 22 heavy (non-hydrogen) atoms. The van der Waals surface area contributed by atoms with E-state index in [2.05, 4.69) is 9.97 Å². The van der Waals surface area contributed by atoms with Gasteiger partial charge in [-0.3, -0.25) is 4.79 Å². The molecule has 0 aliphatic rings. The maximum atomic E-state index is 10.6. The predicted molar refractivity (Wildman–Crippen MR) is 79.6 cm³/mol. The monoisotopic (exact) mass is 306 g/mol. The van der Waals surface area contributed by atoms with Gasteiger partial charge in [0.25, 0.3) is 0 Å². The predicted octanol–water partition coefficient (Wildman–Crippen LogP) is 2.12. The molecule has 0 saturated heterocycles. The van der Waals surface area contributed by atoms with Crippen molar-refractivity contribution in [1.29, 1.82) is 0 Å². The number of methoxy groups -OCH3 is 3. The van der Waals surface area contributed by atoms with Crippen LogP contribution in [-0.4, -0.2) is 42.4 Å². The number of hydrogen-bond donors (Lipinski definition) is 2. The number of aromatic amines is 1. The van der Waals surface area contributed by atoms with Crippen molar-refractivity contribution in [2.24, 2.45) is 0 Å². The van der Waals surface area contributed by atoms with Gasteiger partial charge in [0.15, 0.2) is 11.5 Å². The first-order valence-electron chi connectivity index (χ1n) is 6.65. The number of hydrogen-bond acceptors (Lipinski definition) is 5. The van der Waals surface area contributed by atoms with Gasteiger partial charge in [0.2, 0.25) is 5.75 Å². The topological polar surface area (TPSA) is 93.7 Å². The average molecular weight is 306 g/mol. The van der Waals surface area contributed by atoms with Gasteiger partial charge >= 0.3 is 5.97 Å². The van der Waals surface area contributed by atoms with Gasteiger partial charge in [0, 0.05) is 17.5 Å². The molecule has 1 aromatic heterocycles. The zero-order chi connectivity index (χ0) is 16.1. The summed E-state index contributed by atoms with van der Waals surface area (Å²) in [6.07, 6.45) is 2.07. The molecule has 0 fully saturated rings. The minimum atomic E-state index is -0.844. The van der Waals surface area contributed by atoms with E-state index in [1.165, 1.54) is 7.11 Å². The Hall–Kier alpha value is -2.70. The van der Waals surface area contributed by atoms with E-state index in [9.17, 15) is 4.79 Å². The van der Waals surface area contributed by atoms with Crippen molar-refractivity contribution in [3.05, 3.63) is 24.0 Å². The number of rotatable bonds is 7. The molecule has 0 atom stereocenters. The highest BCUT2D eigenvalue weighted by molar-refractivity contribution is 5.68. The first-order valence-corrected chi connectivity index (χ1v) is 6.65. The van der Waals surface area contributed by atoms with Gasteiger partial charge in [0.05, 0.1) is 27.8 Å². The minimum absolute atomic E-state index is 0.0525. The van der Waals surface area contributed by atoms with Crippen LogP contribution in [0.1, 0.15) is 12.1 Å². The SMILES string of the molecule is COc1cc(-c2ncc(CCC(=O)O)[nH]2)cc(OC)c1OC. The van der Waals surface area contributed by atoms with Crippen molar-refractivity contribution in [2.45, 2.75) is 12.8 Å². The fourth-order valence-electron chi connectivity index (χ4n) is 2.09. The zero-order valence-electron chi connectivity index (χ0n) is 12.7. The Labute approximate surface area is 127 Å². The molecule has 0 aliphatic heterocycles. The Bertz CT molecular complexity index is 641. The van der Waals surface area contributed by atoms with E-state index in [1.54, 1.807) is 32.5 Å². The molecule has 7 heteroatoms. The number of carbonyl (C=O) groups is 1. The molecule has 0 amide bonds. The van der Waals surface area contributed by atoms with Gasteiger partial charge in [-0.15, -0.1) is 0 Å². The van der Waals surface area contributed by atoms with E-state index >= 15 is 0 Å². The number of aromatic nitrogens is 2. The molecule has 2 rings (SSSR count). The Morgan fingerprint density at radius 3 is 2.32 bits per heavy atom. The maximum Gasteiger partial charge on any atom is 0.303 e. The summed E-state index contributed by atoms with van der Waals surface area (Å²) in [7, 11) is 4.62. The summed E-state index contributed by atoms with van der Waals surface area (Å²) >= 11 is 0. The number of ether oxygens (including phenoxy) is 3. The third-order valence-corrected chi connectivity index (χ3v) is 3.17. The van der Waals surface area contributed by atoms with Crippen LogP contribution in [0.3, 0.4) is 0 Å². The molecule has 1 heterocycles. The molecule has 0 unspecified atom stereocenters. The molecule has 0 radical (unpaired) electrons. The number of carboxylic acids is 1. The van der Waals surface area contributed by atoms with Gasteiger partial charge in [-0.25, -0.2) is 4.98 Å². The Kier molecular flexibility index (Phi) is 4.88. The normalized spacial score (nSPS) is 10.3. The Balaban J connectivity index is 2.34. The smallest absolute Gasteiger partial charge is 0.303 e. The van der Waals surface area contributed by atoms with E-state index in [0.29, 0.717) is 29.5 Å². The van der Waals surface area contributed by atoms with Crippen LogP contribution in [0.2, 0.25) is 0 Å². The number of imidazole rings is 1. The van der Waals surface area contributed by atoms with Crippen molar-refractivity contribution in [1.82, 2.24) is 9.97 Å². The van der Waals surface area contributed by atoms with Crippen LogP contribution in [-0.2, 0) is 11.2 Å². The van der Waals surface area contributed by atoms with E-state index in [-0.39, 0.29) is 6.42 Å². The van der Waals surface area contributed by atoms with E-state index < -0.39 is 5.97 Å². The van der Waals surface area contributed by atoms with E-state index in [4.69, 9.17) is 19.3 Å². The molecular weight excluding hydrogens is 288 g/mol. The van der Waals surface area contributed by atoms with Crippen molar-refractivity contribution in [3.63, 3.8) is 0 Å². The van der Waals surface area contributed by atoms with Crippen LogP contribution in [0.15, 0.2) is 18.3 Å². The van der Waals surface area contributed by atoms with Crippen molar-refractivity contribution in [2.75, 3.05) is 21.3 Å². The van der Waals surface area contributed by atoms with Gasteiger partial charge < -0.3 is 24.3 Å². The molecular formula is C15H18N2O5. The summed E-state index contributed by atoms with van der Waals surface area (Å²) < 4.78 is 15.9.